The van der Waals surface area contributed by atoms with Crippen LogP contribution in [-0.4, -0.2) is 35.7 Å². The number of hydrogen-bond acceptors (Lipinski definition) is 5. The highest BCUT2D eigenvalue weighted by Gasteiger charge is 2.20. The summed E-state index contributed by atoms with van der Waals surface area (Å²) in [6.07, 6.45) is 4.89. The first kappa shape index (κ1) is 13.1. The Balaban J connectivity index is 0.000000181. The third-order valence-corrected chi connectivity index (χ3v) is 1.98. The van der Waals surface area contributed by atoms with Crippen LogP contribution in [0.25, 0.3) is 0 Å². The number of ether oxygens (including phenoxy) is 2. The van der Waals surface area contributed by atoms with Crippen molar-refractivity contribution in [1.82, 2.24) is 0 Å². The predicted octanol–water partition coefficient (Wildman–Crippen LogP) is 0.432. The van der Waals surface area contributed by atoms with Gasteiger partial charge in [0.05, 0.1) is 12.7 Å². The van der Waals surface area contributed by atoms with Crippen LogP contribution in [0.1, 0.15) is 13.3 Å². The zero-order valence-electron chi connectivity index (χ0n) is 9.21. The highest BCUT2D eigenvalue weighted by atomic mass is 16.6. The van der Waals surface area contributed by atoms with Crippen molar-refractivity contribution < 1.29 is 29.0 Å². The van der Waals surface area contributed by atoms with E-state index in [0.717, 1.165) is 25.2 Å². The molecule has 1 atom stereocenters. The van der Waals surface area contributed by atoms with Crippen LogP contribution in [0.5, 0.6) is 0 Å². The van der Waals surface area contributed by atoms with E-state index in [1.165, 1.54) is 0 Å². The first-order chi connectivity index (χ1) is 7.99. The molecule has 0 aromatic rings. The van der Waals surface area contributed by atoms with Gasteiger partial charge in [0.2, 0.25) is 0 Å². The maximum atomic E-state index is 10.2. The van der Waals surface area contributed by atoms with E-state index in [2.05, 4.69) is 4.74 Å². The SMILES string of the molecule is CC(=CCC1CO1)C(=O)O.O=C1C=CC(=O)O1. The van der Waals surface area contributed by atoms with Crippen molar-refractivity contribution in [3.63, 3.8) is 0 Å². The second-order valence-electron chi connectivity index (χ2n) is 3.46. The number of carboxylic acids is 1. The average Bonchev–Trinajstić information content (AvgIpc) is 3.01. The number of esters is 2. The van der Waals surface area contributed by atoms with Crippen LogP contribution in [0.4, 0.5) is 0 Å². The lowest BCUT2D eigenvalue weighted by Gasteiger charge is -1.89. The molecular formula is C11H12O6. The molecule has 0 radical (unpaired) electrons. The van der Waals surface area contributed by atoms with Crippen LogP contribution < -0.4 is 0 Å². The number of carbonyl (C=O) groups excluding carboxylic acids is 2. The summed E-state index contributed by atoms with van der Waals surface area (Å²) in [5.74, 6) is -2.00. The number of aliphatic carboxylic acids is 1. The van der Waals surface area contributed by atoms with Gasteiger partial charge in [-0.15, -0.1) is 0 Å². The fourth-order valence-electron chi connectivity index (χ4n) is 0.903. The van der Waals surface area contributed by atoms with E-state index >= 15 is 0 Å². The Labute approximate surface area is 97.5 Å². The van der Waals surface area contributed by atoms with Crippen LogP contribution >= 0.6 is 0 Å². The van der Waals surface area contributed by atoms with E-state index in [0.29, 0.717) is 5.57 Å². The normalized spacial score (nSPS) is 21.7. The van der Waals surface area contributed by atoms with Crippen molar-refractivity contribution in [3.8, 4) is 0 Å². The minimum Gasteiger partial charge on any atom is -0.478 e. The molecular weight excluding hydrogens is 228 g/mol. The lowest BCUT2D eigenvalue weighted by molar-refractivity contribution is -0.150. The molecule has 0 aromatic heterocycles. The largest absolute Gasteiger partial charge is 0.478 e. The van der Waals surface area contributed by atoms with Gasteiger partial charge in [-0.05, 0) is 13.3 Å². The van der Waals surface area contributed by atoms with Crippen LogP contribution in [0, 0.1) is 0 Å². The average molecular weight is 240 g/mol. The summed E-state index contributed by atoms with van der Waals surface area (Å²) in [5.41, 5.74) is 0.399. The standard InChI is InChI=1S/C7H10O3.C4H2O3/c1-5(7(8)9)2-3-6-4-10-6;5-3-1-2-4(6)7-3/h2,6H,3-4H2,1H3,(H,8,9);1-2H. The second kappa shape index (κ2) is 5.95. The van der Waals surface area contributed by atoms with Crippen LogP contribution in [0.3, 0.4) is 0 Å². The summed E-state index contributed by atoms with van der Waals surface area (Å²) in [6.45, 7) is 2.37. The number of hydrogen-bond donors (Lipinski definition) is 1. The van der Waals surface area contributed by atoms with Crippen molar-refractivity contribution in [2.45, 2.75) is 19.4 Å². The lowest BCUT2D eigenvalue weighted by atomic mass is 10.2. The Morgan fingerprint density at radius 1 is 1.47 bits per heavy atom. The van der Waals surface area contributed by atoms with E-state index in [9.17, 15) is 14.4 Å². The van der Waals surface area contributed by atoms with E-state index in [1.54, 1.807) is 13.0 Å². The highest BCUT2D eigenvalue weighted by molar-refractivity contribution is 6.04. The fourth-order valence-corrected chi connectivity index (χ4v) is 0.903. The highest BCUT2D eigenvalue weighted by Crippen LogP contribution is 2.14. The van der Waals surface area contributed by atoms with Crippen molar-refractivity contribution >= 4 is 17.9 Å². The minimum absolute atomic E-state index is 0.286. The van der Waals surface area contributed by atoms with Gasteiger partial charge >= 0.3 is 17.9 Å². The molecule has 0 aromatic carbocycles. The monoisotopic (exact) mass is 240 g/mol. The third-order valence-electron chi connectivity index (χ3n) is 1.98. The van der Waals surface area contributed by atoms with Crippen molar-refractivity contribution in [1.29, 1.82) is 0 Å². The first-order valence-corrected chi connectivity index (χ1v) is 4.94. The smallest absolute Gasteiger partial charge is 0.338 e. The lowest BCUT2D eigenvalue weighted by Crippen LogP contribution is -1.96. The molecule has 92 valence electrons. The molecule has 2 rings (SSSR count). The maximum Gasteiger partial charge on any atom is 0.338 e. The Morgan fingerprint density at radius 3 is 2.29 bits per heavy atom. The zero-order valence-corrected chi connectivity index (χ0v) is 9.21. The quantitative estimate of drug-likeness (QED) is 0.333. The predicted molar refractivity (Wildman–Crippen MR) is 56.0 cm³/mol. The van der Waals surface area contributed by atoms with Gasteiger partial charge in [-0.25, -0.2) is 14.4 Å². The third kappa shape index (κ3) is 5.62. The molecule has 2 aliphatic rings. The number of carboxylic acid groups (broad SMARTS) is 1. The van der Waals surface area contributed by atoms with Gasteiger partial charge in [0, 0.05) is 17.7 Å². The van der Waals surface area contributed by atoms with Gasteiger partial charge in [-0.2, -0.15) is 0 Å². The van der Waals surface area contributed by atoms with E-state index in [4.69, 9.17) is 9.84 Å². The summed E-state index contributed by atoms with van der Waals surface area (Å²) in [5, 5.41) is 8.41. The number of epoxide rings is 1. The molecule has 17 heavy (non-hydrogen) atoms. The summed E-state index contributed by atoms with van der Waals surface area (Å²) in [7, 11) is 0. The molecule has 0 saturated carbocycles. The van der Waals surface area contributed by atoms with Gasteiger partial charge in [0.15, 0.2) is 0 Å². The first-order valence-electron chi connectivity index (χ1n) is 4.94. The second-order valence-corrected chi connectivity index (χ2v) is 3.46. The molecule has 6 heteroatoms. The summed E-state index contributed by atoms with van der Waals surface area (Å²) in [6, 6.07) is 0. The van der Waals surface area contributed by atoms with Gasteiger partial charge in [0.25, 0.3) is 0 Å². The van der Waals surface area contributed by atoms with Crippen LogP contribution in [0.2, 0.25) is 0 Å². The van der Waals surface area contributed by atoms with Gasteiger partial charge in [0.1, 0.15) is 0 Å². The van der Waals surface area contributed by atoms with Gasteiger partial charge in [-0.3, -0.25) is 0 Å². The molecule has 1 unspecified atom stereocenters. The maximum absolute atomic E-state index is 10.2. The molecule has 1 fully saturated rings. The summed E-state index contributed by atoms with van der Waals surface area (Å²) < 4.78 is 8.87. The molecule has 2 heterocycles. The van der Waals surface area contributed by atoms with E-state index < -0.39 is 17.9 Å². The Morgan fingerprint density at radius 2 is 2.00 bits per heavy atom. The van der Waals surface area contributed by atoms with Crippen molar-refractivity contribution in [2.75, 3.05) is 6.61 Å². The Bertz CT molecular complexity index is 373. The number of cyclic esters (lactones) is 2. The molecule has 1 N–H and O–H groups in total. The van der Waals surface area contributed by atoms with Crippen molar-refractivity contribution in [2.24, 2.45) is 0 Å². The van der Waals surface area contributed by atoms with Crippen LogP contribution in [-0.2, 0) is 23.9 Å². The van der Waals surface area contributed by atoms with Gasteiger partial charge < -0.3 is 14.6 Å². The number of carbonyl (C=O) groups is 3. The molecule has 0 bridgehead atoms. The molecule has 6 nitrogen and oxygen atoms in total. The number of rotatable bonds is 3. The molecule has 0 spiro atoms. The molecule has 2 aliphatic heterocycles. The van der Waals surface area contributed by atoms with Crippen LogP contribution in [0.15, 0.2) is 23.8 Å². The molecule has 1 saturated heterocycles. The molecule has 0 amide bonds. The van der Waals surface area contributed by atoms with E-state index in [1.807, 2.05) is 0 Å². The minimum atomic E-state index is -0.847. The Kier molecular flexibility index (Phi) is 4.59. The van der Waals surface area contributed by atoms with E-state index in [-0.39, 0.29) is 6.10 Å². The van der Waals surface area contributed by atoms with Crippen molar-refractivity contribution in [3.05, 3.63) is 23.8 Å². The molecule has 0 aliphatic carbocycles. The zero-order chi connectivity index (χ0) is 12.8. The van der Waals surface area contributed by atoms with Gasteiger partial charge in [-0.1, -0.05) is 6.08 Å². The topological polar surface area (TPSA) is 93.2 Å². The fraction of sp³-hybridized carbons (Fsp3) is 0.364. The summed E-state index contributed by atoms with van der Waals surface area (Å²) >= 11 is 0. The summed E-state index contributed by atoms with van der Waals surface area (Å²) in [4.78, 5) is 30.1. The Hall–Kier alpha value is -1.95.